The lowest BCUT2D eigenvalue weighted by molar-refractivity contribution is -0.139. The Bertz CT molecular complexity index is 481. The van der Waals surface area contributed by atoms with Crippen LogP contribution in [0.1, 0.15) is 31.2 Å². The summed E-state index contributed by atoms with van der Waals surface area (Å²) in [6.45, 7) is 1.54. The number of nitrogens with two attached hydrogens (primary N) is 1. The molecule has 3 nitrogen and oxygen atoms in total. The molecule has 1 aliphatic carbocycles. The van der Waals surface area contributed by atoms with Crippen LogP contribution < -0.4 is 5.73 Å². The van der Waals surface area contributed by atoms with Crippen LogP contribution >= 0.6 is 15.9 Å². The molecule has 1 aromatic rings. The van der Waals surface area contributed by atoms with Gasteiger partial charge < -0.3 is 10.6 Å². The summed E-state index contributed by atoms with van der Waals surface area (Å²) in [5.41, 5.74) is 6.81. The molecule has 0 radical (unpaired) electrons. The van der Waals surface area contributed by atoms with E-state index < -0.39 is 0 Å². The molecule has 0 spiro atoms. The fraction of sp³-hybridized carbons (Fsp3) is 0.533. The van der Waals surface area contributed by atoms with Crippen molar-refractivity contribution in [2.75, 3.05) is 13.1 Å². The zero-order chi connectivity index (χ0) is 13.5. The summed E-state index contributed by atoms with van der Waals surface area (Å²) in [5, 5.41) is 0. The lowest BCUT2D eigenvalue weighted by Gasteiger charge is -2.43. The Balaban J connectivity index is 1.86. The summed E-state index contributed by atoms with van der Waals surface area (Å²) >= 11 is 3.45. The first-order valence-corrected chi connectivity index (χ1v) is 7.72. The first kappa shape index (κ1) is 13.1. The monoisotopic (exact) mass is 322 g/mol. The van der Waals surface area contributed by atoms with Crippen LogP contribution in [0.5, 0.6) is 0 Å². The average molecular weight is 323 g/mol. The van der Waals surface area contributed by atoms with Crippen molar-refractivity contribution in [3.05, 3.63) is 34.3 Å². The van der Waals surface area contributed by atoms with Crippen LogP contribution in [0, 0.1) is 0 Å². The maximum absolute atomic E-state index is 12.8. The van der Waals surface area contributed by atoms with Gasteiger partial charge in [0.05, 0.1) is 5.41 Å². The molecule has 102 valence electrons. The normalized spacial score (nSPS) is 25.2. The van der Waals surface area contributed by atoms with Gasteiger partial charge in [0.25, 0.3) is 0 Å². The molecule has 1 aromatic carbocycles. The highest BCUT2D eigenvalue weighted by Crippen LogP contribution is 2.45. The summed E-state index contributed by atoms with van der Waals surface area (Å²) in [5.74, 6) is 0.286. The summed E-state index contributed by atoms with van der Waals surface area (Å²) in [6, 6.07) is 8.37. The van der Waals surface area contributed by atoms with E-state index in [2.05, 4.69) is 28.1 Å². The average Bonchev–Trinajstić information content (AvgIpc) is 2.77. The Labute approximate surface area is 122 Å². The van der Waals surface area contributed by atoms with E-state index in [0.717, 1.165) is 48.8 Å². The van der Waals surface area contributed by atoms with Crippen LogP contribution in [0.15, 0.2) is 28.7 Å². The van der Waals surface area contributed by atoms with Gasteiger partial charge in [0, 0.05) is 23.6 Å². The number of hydrogen-bond donors (Lipinski definition) is 1. The molecule has 2 fully saturated rings. The van der Waals surface area contributed by atoms with Gasteiger partial charge in [0.2, 0.25) is 5.91 Å². The number of likely N-dealkylation sites (tertiary alicyclic amines) is 1. The molecule has 3 rings (SSSR count). The SMILES string of the molecule is N[C@@H]1CCN(C(=O)C2(c3ccc(Br)cc3)CCC2)C1. The van der Waals surface area contributed by atoms with E-state index in [1.165, 1.54) is 0 Å². The van der Waals surface area contributed by atoms with E-state index in [1.807, 2.05) is 17.0 Å². The van der Waals surface area contributed by atoms with Crippen LogP contribution in [0.3, 0.4) is 0 Å². The molecule has 19 heavy (non-hydrogen) atoms. The largest absolute Gasteiger partial charge is 0.340 e. The fourth-order valence-electron chi connectivity index (χ4n) is 3.20. The maximum atomic E-state index is 12.8. The highest BCUT2D eigenvalue weighted by Gasteiger charge is 2.48. The first-order chi connectivity index (χ1) is 9.12. The van der Waals surface area contributed by atoms with E-state index in [9.17, 15) is 4.79 Å². The minimum absolute atomic E-state index is 0.158. The summed E-state index contributed by atoms with van der Waals surface area (Å²) in [4.78, 5) is 14.8. The van der Waals surface area contributed by atoms with E-state index in [1.54, 1.807) is 0 Å². The lowest BCUT2D eigenvalue weighted by atomic mass is 9.63. The molecule has 2 aliphatic rings. The summed E-state index contributed by atoms with van der Waals surface area (Å²) in [6.07, 6.45) is 4.02. The Morgan fingerprint density at radius 2 is 2.00 bits per heavy atom. The van der Waals surface area contributed by atoms with Gasteiger partial charge in [-0.3, -0.25) is 4.79 Å². The minimum atomic E-state index is -0.273. The quantitative estimate of drug-likeness (QED) is 0.909. The van der Waals surface area contributed by atoms with E-state index in [4.69, 9.17) is 5.73 Å². The van der Waals surface area contributed by atoms with Crippen molar-refractivity contribution in [3.8, 4) is 0 Å². The number of amides is 1. The van der Waals surface area contributed by atoms with Gasteiger partial charge in [0.1, 0.15) is 0 Å². The van der Waals surface area contributed by atoms with E-state index in [0.29, 0.717) is 0 Å². The second-order valence-electron chi connectivity index (χ2n) is 5.74. The van der Waals surface area contributed by atoms with Gasteiger partial charge in [-0.25, -0.2) is 0 Å². The fourth-order valence-corrected chi connectivity index (χ4v) is 3.46. The molecule has 1 saturated heterocycles. The Morgan fingerprint density at radius 3 is 2.47 bits per heavy atom. The highest BCUT2D eigenvalue weighted by atomic mass is 79.9. The smallest absolute Gasteiger partial charge is 0.233 e. The standard InChI is InChI=1S/C15H19BrN2O/c16-12-4-2-11(3-5-12)15(7-1-8-15)14(19)18-9-6-13(17)10-18/h2-5,13H,1,6-10,17H2/t13-/m1/s1. The molecule has 1 aliphatic heterocycles. The van der Waals surface area contributed by atoms with Crippen molar-refractivity contribution in [1.82, 2.24) is 4.90 Å². The number of benzene rings is 1. The molecule has 1 saturated carbocycles. The molecule has 2 N–H and O–H groups in total. The third-order valence-corrected chi connectivity index (χ3v) is 5.05. The van der Waals surface area contributed by atoms with Gasteiger partial charge in [-0.2, -0.15) is 0 Å². The van der Waals surface area contributed by atoms with Crippen molar-refractivity contribution in [2.45, 2.75) is 37.1 Å². The van der Waals surface area contributed by atoms with Crippen LogP contribution in [-0.2, 0) is 10.2 Å². The second-order valence-corrected chi connectivity index (χ2v) is 6.66. The number of rotatable bonds is 2. The Hall–Kier alpha value is -0.870. The second kappa shape index (κ2) is 4.91. The first-order valence-electron chi connectivity index (χ1n) is 6.93. The van der Waals surface area contributed by atoms with Crippen molar-refractivity contribution < 1.29 is 4.79 Å². The zero-order valence-corrected chi connectivity index (χ0v) is 12.5. The van der Waals surface area contributed by atoms with Crippen molar-refractivity contribution >= 4 is 21.8 Å². The van der Waals surface area contributed by atoms with Crippen LogP contribution in [0.2, 0.25) is 0 Å². The van der Waals surface area contributed by atoms with Gasteiger partial charge >= 0.3 is 0 Å². The van der Waals surface area contributed by atoms with Gasteiger partial charge in [0.15, 0.2) is 0 Å². The van der Waals surface area contributed by atoms with Crippen LogP contribution in [0.4, 0.5) is 0 Å². The minimum Gasteiger partial charge on any atom is -0.340 e. The van der Waals surface area contributed by atoms with E-state index >= 15 is 0 Å². The van der Waals surface area contributed by atoms with Crippen LogP contribution in [-0.4, -0.2) is 29.9 Å². The third-order valence-electron chi connectivity index (χ3n) is 4.53. The maximum Gasteiger partial charge on any atom is 0.233 e. The molecule has 0 unspecified atom stereocenters. The number of carbonyl (C=O) groups is 1. The topological polar surface area (TPSA) is 46.3 Å². The molecular weight excluding hydrogens is 304 g/mol. The predicted octanol–water partition coefficient (Wildman–Crippen LogP) is 2.43. The molecule has 1 amide bonds. The molecule has 1 heterocycles. The number of halogens is 1. The number of nitrogens with zero attached hydrogens (tertiary/aromatic N) is 1. The van der Waals surface area contributed by atoms with Gasteiger partial charge in [-0.15, -0.1) is 0 Å². The summed E-state index contributed by atoms with van der Waals surface area (Å²) < 4.78 is 1.06. The van der Waals surface area contributed by atoms with Crippen molar-refractivity contribution in [3.63, 3.8) is 0 Å². The molecule has 0 aromatic heterocycles. The lowest BCUT2D eigenvalue weighted by Crippen LogP contribution is -2.50. The summed E-state index contributed by atoms with van der Waals surface area (Å²) in [7, 11) is 0. The Kier molecular flexibility index (Phi) is 3.39. The Morgan fingerprint density at radius 1 is 1.32 bits per heavy atom. The molecular formula is C15H19BrN2O. The van der Waals surface area contributed by atoms with Crippen LogP contribution in [0.25, 0.3) is 0 Å². The van der Waals surface area contributed by atoms with Crippen molar-refractivity contribution in [2.24, 2.45) is 5.73 Å². The molecule has 1 atom stereocenters. The zero-order valence-electron chi connectivity index (χ0n) is 10.9. The predicted molar refractivity (Wildman–Crippen MR) is 78.8 cm³/mol. The van der Waals surface area contributed by atoms with E-state index in [-0.39, 0.29) is 17.4 Å². The van der Waals surface area contributed by atoms with Gasteiger partial charge in [-0.1, -0.05) is 34.5 Å². The molecule has 4 heteroatoms. The van der Waals surface area contributed by atoms with Crippen molar-refractivity contribution in [1.29, 1.82) is 0 Å². The van der Waals surface area contributed by atoms with Gasteiger partial charge in [-0.05, 0) is 37.0 Å². The number of hydrogen-bond acceptors (Lipinski definition) is 2. The highest BCUT2D eigenvalue weighted by molar-refractivity contribution is 9.10. The third kappa shape index (κ3) is 2.21. The number of carbonyl (C=O) groups excluding carboxylic acids is 1. The molecule has 0 bridgehead atoms.